The quantitative estimate of drug-likeness (QED) is 0.177. The molecule has 2 aliphatic carbocycles. The molecule has 0 radical (unpaired) electrons. The molecule has 5 nitrogen and oxygen atoms in total. The molecule has 0 saturated heterocycles. The van der Waals surface area contributed by atoms with Crippen LogP contribution in [0.25, 0.3) is 100 Å². The van der Waals surface area contributed by atoms with Crippen molar-refractivity contribution in [3.05, 3.63) is 215 Å². The Morgan fingerprint density at radius 3 is 1.94 bits per heavy atom. The number of rotatable bonds is 4. The van der Waals surface area contributed by atoms with Crippen molar-refractivity contribution in [1.82, 2.24) is 15.0 Å². The smallest absolute Gasteiger partial charge is 0.164 e. The Morgan fingerprint density at radius 1 is 0.431 bits per heavy atom. The predicted molar refractivity (Wildman–Crippen MR) is 261 cm³/mol. The number of hydrogen-bond donors (Lipinski definition) is 0. The Hall–Kier alpha value is -8.15. The number of furan rings is 1. The molecule has 5 heteroatoms. The monoisotopic (exact) mass is 833 g/mol. The van der Waals surface area contributed by atoms with Crippen LogP contribution in [0.3, 0.4) is 0 Å². The van der Waals surface area contributed by atoms with E-state index in [1.165, 1.54) is 60.8 Å². The van der Waals surface area contributed by atoms with Crippen LogP contribution in [0.2, 0.25) is 0 Å². The zero-order chi connectivity index (χ0) is 42.6. The molecule has 2 aromatic heterocycles. The van der Waals surface area contributed by atoms with Crippen molar-refractivity contribution in [3.63, 3.8) is 0 Å². The maximum atomic E-state index is 6.83. The first-order valence-electron chi connectivity index (χ1n) is 22.6. The molecular formula is C60H39N3O2. The second kappa shape index (κ2) is 14.2. The van der Waals surface area contributed by atoms with E-state index in [1.807, 2.05) is 12.1 Å². The summed E-state index contributed by atoms with van der Waals surface area (Å²) in [4.78, 5) is 16.3. The van der Waals surface area contributed by atoms with Gasteiger partial charge in [-0.15, -0.1) is 0 Å². The highest BCUT2D eigenvalue weighted by Crippen LogP contribution is 2.48. The normalized spacial score (nSPS) is 14.5. The highest BCUT2D eigenvalue weighted by Gasteiger charge is 2.30. The number of para-hydroxylation sites is 2. The average Bonchev–Trinajstić information content (AvgIpc) is 3.90. The van der Waals surface area contributed by atoms with Crippen LogP contribution in [-0.4, -0.2) is 15.0 Å². The van der Waals surface area contributed by atoms with Gasteiger partial charge in [-0.25, -0.2) is 15.0 Å². The summed E-state index contributed by atoms with van der Waals surface area (Å²) in [5.41, 5.74) is 19.4. The van der Waals surface area contributed by atoms with E-state index in [9.17, 15) is 0 Å². The number of aryl methyl sites for hydroxylation is 1. The topological polar surface area (TPSA) is 61.0 Å². The van der Waals surface area contributed by atoms with Crippen molar-refractivity contribution in [2.45, 2.75) is 31.8 Å². The van der Waals surface area contributed by atoms with E-state index >= 15 is 0 Å². The number of aromatic nitrogens is 3. The lowest BCUT2D eigenvalue weighted by molar-refractivity contribution is 0.303. The lowest BCUT2D eigenvalue weighted by Gasteiger charge is -2.23. The van der Waals surface area contributed by atoms with Crippen LogP contribution in [0.15, 0.2) is 186 Å². The molecule has 306 valence electrons. The molecule has 9 aromatic carbocycles. The fourth-order valence-electron chi connectivity index (χ4n) is 11.1. The molecule has 0 bridgehead atoms. The molecule has 0 amide bonds. The van der Waals surface area contributed by atoms with Crippen molar-refractivity contribution in [1.29, 1.82) is 0 Å². The maximum absolute atomic E-state index is 6.83. The highest BCUT2D eigenvalue weighted by molar-refractivity contribution is 6.08. The molecule has 0 fully saturated rings. The van der Waals surface area contributed by atoms with Crippen molar-refractivity contribution in [2.24, 2.45) is 0 Å². The molecule has 0 saturated carbocycles. The van der Waals surface area contributed by atoms with E-state index in [2.05, 4.69) is 170 Å². The zero-order valence-corrected chi connectivity index (χ0v) is 35.4. The van der Waals surface area contributed by atoms with Crippen molar-refractivity contribution in [2.75, 3.05) is 0 Å². The molecule has 0 N–H and O–H groups in total. The number of ether oxygens (including phenoxy) is 1. The first kappa shape index (κ1) is 36.3. The summed E-state index contributed by atoms with van der Waals surface area (Å²) >= 11 is 0. The van der Waals surface area contributed by atoms with Crippen LogP contribution in [0.1, 0.15) is 45.7 Å². The number of benzene rings is 9. The van der Waals surface area contributed by atoms with Gasteiger partial charge in [0.15, 0.2) is 17.5 Å². The van der Waals surface area contributed by atoms with Crippen molar-refractivity contribution >= 4 is 32.7 Å². The third-order valence-corrected chi connectivity index (χ3v) is 14.1. The fourth-order valence-corrected chi connectivity index (χ4v) is 11.1. The van der Waals surface area contributed by atoms with E-state index < -0.39 is 0 Å². The zero-order valence-electron chi connectivity index (χ0n) is 35.4. The minimum Gasteiger partial charge on any atom is -0.488 e. The van der Waals surface area contributed by atoms with Gasteiger partial charge in [0.1, 0.15) is 23.5 Å². The number of fused-ring (bicyclic) bond motifs is 13. The second-order valence-electron chi connectivity index (χ2n) is 17.7. The van der Waals surface area contributed by atoms with Gasteiger partial charge in [-0.3, -0.25) is 0 Å². The molecule has 3 aliphatic rings. The molecule has 0 spiro atoms. The summed E-state index contributed by atoms with van der Waals surface area (Å²) in [5.74, 6) is 2.83. The second-order valence-corrected chi connectivity index (χ2v) is 17.7. The van der Waals surface area contributed by atoms with Crippen molar-refractivity contribution in [3.8, 4) is 73.3 Å². The van der Waals surface area contributed by atoms with Gasteiger partial charge in [0.25, 0.3) is 0 Å². The Labute approximate surface area is 375 Å². The molecule has 1 atom stereocenters. The Kier molecular flexibility index (Phi) is 7.93. The van der Waals surface area contributed by atoms with E-state index in [0.29, 0.717) is 24.1 Å². The van der Waals surface area contributed by atoms with Gasteiger partial charge in [-0.2, -0.15) is 0 Å². The largest absolute Gasteiger partial charge is 0.488 e. The van der Waals surface area contributed by atoms with E-state index in [-0.39, 0.29) is 5.92 Å². The number of hydrogen-bond acceptors (Lipinski definition) is 5. The summed E-state index contributed by atoms with van der Waals surface area (Å²) in [5, 5.41) is 4.79. The molecule has 3 heterocycles. The summed E-state index contributed by atoms with van der Waals surface area (Å²) in [6.45, 7) is 0.420. The summed E-state index contributed by atoms with van der Waals surface area (Å²) in [6, 6.07) is 65.4. The Balaban J connectivity index is 1.01. The van der Waals surface area contributed by atoms with Gasteiger partial charge in [-0.05, 0) is 116 Å². The van der Waals surface area contributed by atoms with Gasteiger partial charge in [0.05, 0.1) is 0 Å². The predicted octanol–water partition coefficient (Wildman–Crippen LogP) is 14.8. The average molecular weight is 834 g/mol. The summed E-state index contributed by atoms with van der Waals surface area (Å²) in [6.07, 6.45) is 2.69. The van der Waals surface area contributed by atoms with Crippen LogP contribution in [0.4, 0.5) is 0 Å². The van der Waals surface area contributed by atoms with Crippen molar-refractivity contribution < 1.29 is 9.15 Å². The molecule has 11 aromatic rings. The summed E-state index contributed by atoms with van der Waals surface area (Å²) in [7, 11) is 0. The molecular weight excluding hydrogens is 795 g/mol. The first-order valence-corrected chi connectivity index (χ1v) is 22.6. The lowest BCUT2D eigenvalue weighted by Crippen LogP contribution is -2.09. The number of nitrogens with zero attached hydrogens (tertiary/aromatic N) is 3. The highest BCUT2D eigenvalue weighted by atomic mass is 16.5. The van der Waals surface area contributed by atoms with Crippen LogP contribution >= 0.6 is 0 Å². The third-order valence-electron chi connectivity index (χ3n) is 14.1. The van der Waals surface area contributed by atoms with E-state index in [1.54, 1.807) is 0 Å². The fraction of sp³-hybridized carbons (Fsp3) is 0.0833. The Bertz CT molecular complexity index is 3790. The van der Waals surface area contributed by atoms with Crippen LogP contribution in [0.5, 0.6) is 5.75 Å². The van der Waals surface area contributed by atoms with E-state index in [0.717, 1.165) is 80.3 Å². The van der Waals surface area contributed by atoms with Gasteiger partial charge in [0.2, 0.25) is 0 Å². The van der Waals surface area contributed by atoms with Gasteiger partial charge in [-0.1, -0.05) is 152 Å². The SMILES string of the molecule is c1ccc2c(c1)Cc1c(-c3nc(-c4cc(C5CCc6cc7ccccc7cc6-c6ccccc65)c5c(c4)oc4ccccc45)nc(-c4cccc5c4COc4ccccc4-5)n3)cccc1-2. The van der Waals surface area contributed by atoms with Gasteiger partial charge >= 0.3 is 0 Å². The minimum atomic E-state index is 0.0696. The third kappa shape index (κ3) is 5.68. The van der Waals surface area contributed by atoms with Gasteiger partial charge in [0, 0.05) is 44.5 Å². The van der Waals surface area contributed by atoms with Crippen LogP contribution < -0.4 is 4.74 Å². The van der Waals surface area contributed by atoms with Crippen LogP contribution in [-0.2, 0) is 19.4 Å². The minimum absolute atomic E-state index is 0.0696. The summed E-state index contributed by atoms with van der Waals surface area (Å²) < 4.78 is 13.2. The van der Waals surface area contributed by atoms with Crippen LogP contribution in [0, 0.1) is 0 Å². The molecule has 1 aliphatic heterocycles. The van der Waals surface area contributed by atoms with E-state index in [4.69, 9.17) is 24.1 Å². The Morgan fingerprint density at radius 2 is 1.08 bits per heavy atom. The standard InChI is InChI=1S/C60H39N3O2/c1-2-14-36-30-50-38(29-35(36)13-1)27-28-45(42-17-5-6-18-43(42)50)52-32-39(33-56-57(52)49-20-8-10-26-55(49)65-56)58-61-59(47-23-11-21-41-40-16-4-3-15-37(40)31-51(41)47)63-60(62-58)48-24-12-22-44-46-19-7-9-25-54(46)64-34-53(44)48/h1-26,29-30,32-33,45H,27-28,31,34H2. The molecule has 65 heavy (non-hydrogen) atoms. The molecule has 14 rings (SSSR count). The lowest BCUT2D eigenvalue weighted by atomic mass is 9.83. The first-order chi connectivity index (χ1) is 32.2. The van der Waals surface area contributed by atoms with Gasteiger partial charge < -0.3 is 9.15 Å². The maximum Gasteiger partial charge on any atom is 0.164 e. The molecule has 1 unspecified atom stereocenters.